The van der Waals surface area contributed by atoms with E-state index in [1.54, 1.807) is 4.88 Å². The third kappa shape index (κ3) is 2.99. The van der Waals surface area contributed by atoms with Gasteiger partial charge in [0.1, 0.15) is 16.5 Å². The number of aryl methyl sites for hydroxylation is 2. The molecule has 0 saturated carbocycles. The van der Waals surface area contributed by atoms with Crippen molar-refractivity contribution in [3.8, 4) is 0 Å². The van der Waals surface area contributed by atoms with E-state index in [1.165, 1.54) is 52.8 Å². The van der Waals surface area contributed by atoms with Crippen LogP contribution in [-0.4, -0.2) is 36.1 Å². The Labute approximate surface area is 158 Å². The van der Waals surface area contributed by atoms with Crippen LogP contribution in [0.1, 0.15) is 34.7 Å². The second kappa shape index (κ2) is 6.97. The average Bonchev–Trinajstić information content (AvgIpc) is 3.07. The van der Waals surface area contributed by atoms with Gasteiger partial charge in [0.2, 0.25) is 0 Å². The number of thiophene rings is 1. The van der Waals surface area contributed by atoms with Crippen molar-refractivity contribution in [2.75, 3.05) is 31.1 Å². The van der Waals surface area contributed by atoms with Crippen molar-refractivity contribution in [3.05, 3.63) is 52.2 Å². The lowest BCUT2D eigenvalue weighted by atomic mass is 9.97. The molecule has 0 atom stereocenters. The van der Waals surface area contributed by atoms with Gasteiger partial charge in [-0.2, -0.15) is 0 Å². The molecule has 0 radical (unpaired) electrons. The van der Waals surface area contributed by atoms with Crippen molar-refractivity contribution in [2.24, 2.45) is 0 Å². The van der Waals surface area contributed by atoms with E-state index in [0.29, 0.717) is 0 Å². The van der Waals surface area contributed by atoms with E-state index >= 15 is 0 Å². The molecule has 0 spiro atoms. The van der Waals surface area contributed by atoms with Crippen LogP contribution in [-0.2, 0) is 19.3 Å². The summed E-state index contributed by atoms with van der Waals surface area (Å²) in [6.45, 7) is 4.13. The Balaban J connectivity index is 1.63. The molecule has 5 rings (SSSR count). The number of piperazine rings is 1. The van der Waals surface area contributed by atoms with Crippen LogP contribution in [0, 0.1) is 0 Å². The molecule has 1 aliphatic carbocycles. The van der Waals surface area contributed by atoms with Gasteiger partial charge in [-0.1, -0.05) is 30.3 Å². The molecule has 2 aromatic heterocycles. The van der Waals surface area contributed by atoms with Crippen molar-refractivity contribution < 1.29 is 0 Å². The lowest BCUT2D eigenvalue weighted by Gasteiger charge is -2.29. The summed E-state index contributed by atoms with van der Waals surface area (Å²) in [5.74, 6) is 2.14. The maximum atomic E-state index is 5.09. The third-order valence-electron chi connectivity index (χ3n) is 5.46. The maximum absolute atomic E-state index is 5.09. The molecule has 134 valence electrons. The minimum Gasteiger partial charge on any atom is -0.353 e. The molecule has 1 aromatic carbocycles. The molecule has 26 heavy (non-hydrogen) atoms. The molecular formula is C21H24N4S. The zero-order valence-corrected chi connectivity index (χ0v) is 15.8. The second-order valence-electron chi connectivity index (χ2n) is 7.25. The van der Waals surface area contributed by atoms with Crippen LogP contribution >= 0.6 is 11.3 Å². The standard InChI is InChI=1S/C21H24N4S/c1-2-6-15(7-3-1)14-18-23-20(25-12-10-22-11-13-25)19-16-8-4-5-9-17(16)26-21(19)24-18/h1-3,6-7,22H,4-5,8-14H2. The highest BCUT2D eigenvalue weighted by Crippen LogP contribution is 2.40. The molecule has 0 bridgehead atoms. The molecule has 1 N–H and O–H groups in total. The highest BCUT2D eigenvalue weighted by molar-refractivity contribution is 7.19. The SMILES string of the molecule is c1ccc(Cc2nc(N3CCNCC3)c3c4c(sc3n2)CCCC4)cc1. The van der Waals surface area contributed by atoms with Gasteiger partial charge >= 0.3 is 0 Å². The number of hydrogen-bond donors (Lipinski definition) is 1. The summed E-state index contributed by atoms with van der Waals surface area (Å²) in [6.07, 6.45) is 5.82. The number of benzene rings is 1. The fraction of sp³-hybridized carbons (Fsp3) is 0.429. The Morgan fingerprint density at radius 1 is 1.00 bits per heavy atom. The van der Waals surface area contributed by atoms with E-state index in [-0.39, 0.29) is 0 Å². The minimum atomic E-state index is 0.804. The summed E-state index contributed by atoms with van der Waals surface area (Å²) >= 11 is 1.91. The van der Waals surface area contributed by atoms with Crippen LogP contribution in [0.15, 0.2) is 30.3 Å². The zero-order valence-electron chi connectivity index (χ0n) is 15.0. The Hall–Kier alpha value is -1.98. The smallest absolute Gasteiger partial charge is 0.141 e. The third-order valence-corrected chi connectivity index (χ3v) is 6.65. The summed E-state index contributed by atoms with van der Waals surface area (Å²) in [4.78, 5) is 15.3. The maximum Gasteiger partial charge on any atom is 0.141 e. The fourth-order valence-electron chi connectivity index (χ4n) is 4.14. The van der Waals surface area contributed by atoms with Crippen LogP contribution in [0.4, 0.5) is 5.82 Å². The van der Waals surface area contributed by atoms with Crippen LogP contribution < -0.4 is 10.2 Å². The minimum absolute atomic E-state index is 0.804. The molecule has 2 aliphatic rings. The number of anilines is 1. The topological polar surface area (TPSA) is 41.1 Å². The summed E-state index contributed by atoms with van der Waals surface area (Å²) < 4.78 is 0. The van der Waals surface area contributed by atoms with Crippen LogP contribution in [0.25, 0.3) is 10.2 Å². The van der Waals surface area contributed by atoms with Gasteiger partial charge in [-0.05, 0) is 36.8 Å². The quantitative estimate of drug-likeness (QED) is 0.771. The summed E-state index contributed by atoms with van der Waals surface area (Å²) in [6, 6.07) is 10.6. The lowest BCUT2D eigenvalue weighted by Crippen LogP contribution is -2.44. The van der Waals surface area contributed by atoms with Gasteiger partial charge in [0, 0.05) is 37.5 Å². The number of fused-ring (bicyclic) bond motifs is 3. The number of aromatic nitrogens is 2. The van der Waals surface area contributed by atoms with Crippen molar-refractivity contribution in [1.82, 2.24) is 15.3 Å². The predicted octanol–water partition coefficient (Wildman–Crippen LogP) is 3.57. The molecule has 0 amide bonds. The van der Waals surface area contributed by atoms with Crippen LogP contribution in [0.2, 0.25) is 0 Å². The number of nitrogens with zero attached hydrogens (tertiary/aromatic N) is 3. The summed E-state index contributed by atoms with van der Waals surface area (Å²) in [5, 5.41) is 4.81. The first-order valence-electron chi connectivity index (χ1n) is 9.69. The molecule has 1 fully saturated rings. The Bertz CT molecular complexity index is 913. The lowest BCUT2D eigenvalue weighted by molar-refractivity contribution is 0.585. The van der Waals surface area contributed by atoms with E-state index in [4.69, 9.17) is 9.97 Å². The van der Waals surface area contributed by atoms with Gasteiger partial charge in [0.25, 0.3) is 0 Å². The number of nitrogens with one attached hydrogen (secondary N) is 1. The molecule has 5 heteroatoms. The van der Waals surface area contributed by atoms with Gasteiger partial charge in [-0.25, -0.2) is 9.97 Å². The molecule has 3 heterocycles. The first kappa shape index (κ1) is 16.2. The van der Waals surface area contributed by atoms with Gasteiger partial charge in [0.15, 0.2) is 0 Å². The van der Waals surface area contributed by atoms with Gasteiger partial charge in [-0.3, -0.25) is 0 Å². The highest BCUT2D eigenvalue weighted by Gasteiger charge is 2.24. The van der Waals surface area contributed by atoms with Crippen molar-refractivity contribution in [1.29, 1.82) is 0 Å². The molecule has 1 aliphatic heterocycles. The molecular weight excluding hydrogens is 340 g/mol. The van der Waals surface area contributed by atoms with E-state index in [2.05, 4.69) is 40.5 Å². The molecule has 0 unspecified atom stereocenters. The monoisotopic (exact) mass is 364 g/mol. The van der Waals surface area contributed by atoms with Gasteiger partial charge < -0.3 is 10.2 Å². The Morgan fingerprint density at radius 3 is 2.65 bits per heavy atom. The normalized spacial score (nSPS) is 17.5. The predicted molar refractivity (Wildman–Crippen MR) is 108 cm³/mol. The van der Waals surface area contributed by atoms with E-state index in [1.807, 2.05) is 11.3 Å². The van der Waals surface area contributed by atoms with E-state index in [0.717, 1.165) is 38.4 Å². The summed E-state index contributed by atoms with van der Waals surface area (Å²) in [5.41, 5.74) is 2.82. The molecule has 4 nitrogen and oxygen atoms in total. The van der Waals surface area contributed by atoms with Gasteiger partial charge in [0.05, 0.1) is 5.39 Å². The Morgan fingerprint density at radius 2 is 1.81 bits per heavy atom. The average molecular weight is 365 g/mol. The number of rotatable bonds is 3. The van der Waals surface area contributed by atoms with E-state index in [9.17, 15) is 0 Å². The highest BCUT2D eigenvalue weighted by atomic mass is 32.1. The van der Waals surface area contributed by atoms with Crippen LogP contribution in [0.3, 0.4) is 0 Å². The van der Waals surface area contributed by atoms with Crippen molar-refractivity contribution in [3.63, 3.8) is 0 Å². The molecule has 1 saturated heterocycles. The fourth-order valence-corrected chi connectivity index (χ4v) is 5.42. The van der Waals surface area contributed by atoms with Crippen molar-refractivity contribution >= 4 is 27.4 Å². The summed E-state index contributed by atoms with van der Waals surface area (Å²) in [7, 11) is 0. The van der Waals surface area contributed by atoms with Crippen molar-refractivity contribution in [2.45, 2.75) is 32.1 Å². The van der Waals surface area contributed by atoms with Crippen LogP contribution in [0.5, 0.6) is 0 Å². The zero-order chi connectivity index (χ0) is 17.3. The Kier molecular flexibility index (Phi) is 4.35. The second-order valence-corrected chi connectivity index (χ2v) is 8.34. The number of hydrogen-bond acceptors (Lipinski definition) is 5. The first-order chi connectivity index (χ1) is 12.9. The first-order valence-corrected chi connectivity index (χ1v) is 10.5. The molecule has 3 aromatic rings. The largest absolute Gasteiger partial charge is 0.353 e. The van der Waals surface area contributed by atoms with E-state index < -0.39 is 0 Å². The van der Waals surface area contributed by atoms with Gasteiger partial charge in [-0.15, -0.1) is 11.3 Å².